The monoisotopic (exact) mass is 282 g/mol. The minimum atomic E-state index is -4.34. The van der Waals surface area contributed by atoms with Crippen molar-refractivity contribution in [3.05, 3.63) is 29.6 Å². The molecule has 0 bridgehead atoms. The average molecular weight is 282 g/mol. The maximum absolute atomic E-state index is 13.4. The second kappa shape index (κ2) is 4.50. The van der Waals surface area contributed by atoms with Crippen molar-refractivity contribution in [3.63, 3.8) is 0 Å². The molecule has 20 heavy (non-hydrogen) atoms. The molecule has 2 nitrogen and oxygen atoms in total. The Morgan fingerprint density at radius 1 is 1.25 bits per heavy atom. The predicted molar refractivity (Wildman–Crippen MR) is 71.7 cm³/mol. The molecule has 1 aromatic carbocycles. The highest BCUT2D eigenvalue weighted by atomic mass is 19.4. The summed E-state index contributed by atoms with van der Waals surface area (Å²) in [5.41, 5.74) is 0.828. The van der Waals surface area contributed by atoms with Crippen LogP contribution in [0.25, 0.3) is 11.0 Å². The number of halogens is 3. The van der Waals surface area contributed by atoms with Crippen molar-refractivity contribution in [1.29, 1.82) is 0 Å². The van der Waals surface area contributed by atoms with E-state index >= 15 is 0 Å². The van der Waals surface area contributed by atoms with Gasteiger partial charge in [-0.25, -0.2) is 4.98 Å². The summed E-state index contributed by atoms with van der Waals surface area (Å²) in [7, 11) is 0. The number of fused-ring (bicyclic) bond motifs is 1. The second-order valence-electron chi connectivity index (χ2n) is 5.83. The largest absolute Gasteiger partial charge is 0.418 e. The Hall–Kier alpha value is -1.52. The molecular formula is C15H17F3N2. The lowest BCUT2D eigenvalue weighted by Gasteiger charge is -2.28. The topological polar surface area (TPSA) is 17.8 Å². The van der Waals surface area contributed by atoms with Gasteiger partial charge in [0, 0.05) is 6.04 Å². The molecule has 0 N–H and O–H groups in total. The van der Waals surface area contributed by atoms with Gasteiger partial charge in [0.15, 0.2) is 0 Å². The summed E-state index contributed by atoms with van der Waals surface area (Å²) >= 11 is 0. The molecule has 0 saturated heterocycles. The number of benzene rings is 1. The van der Waals surface area contributed by atoms with Crippen LogP contribution in [0.4, 0.5) is 13.2 Å². The zero-order valence-electron chi connectivity index (χ0n) is 11.5. The fraction of sp³-hybridized carbons (Fsp3) is 0.533. The van der Waals surface area contributed by atoms with Crippen LogP contribution < -0.4 is 0 Å². The summed E-state index contributed by atoms with van der Waals surface area (Å²) < 4.78 is 41.8. The van der Waals surface area contributed by atoms with Crippen LogP contribution in [0.15, 0.2) is 18.5 Å². The number of hydrogen-bond donors (Lipinski definition) is 0. The highest BCUT2D eigenvalue weighted by Gasteiger charge is 2.36. The fourth-order valence-electron chi connectivity index (χ4n) is 2.68. The van der Waals surface area contributed by atoms with E-state index in [1.165, 1.54) is 6.07 Å². The van der Waals surface area contributed by atoms with Gasteiger partial charge >= 0.3 is 6.18 Å². The molecule has 3 rings (SSSR count). The molecule has 1 saturated carbocycles. The van der Waals surface area contributed by atoms with Crippen molar-refractivity contribution in [3.8, 4) is 0 Å². The number of hydrogen-bond acceptors (Lipinski definition) is 1. The van der Waals surface area contributed by atoms with Gasteiger partial charge in [0.25, 0.3) is 0 Å². The first-order valence-corrected chi connectivity index (χ1v) is 6.95. The maximum Gasteiger partial charge on any atom is 0.418 e. The minimum absolute atomic E-state index is 0.0503. The SMILES string of the molecule is CC(C)c1cc(C(F)(F)F)c2c(c1)ncn2C1CCC1. The molecule has 2 aromatic rings. The van der Waals surface area contributed by atoms with Crippen LogP contribution in [0.2, 0.25) is 0 Å². The molecule has 1 heterocycles. The summed E-state index contributed by atoms with van der Waals surface area (Å²) in [6, 6.07) is 3.24. The highest BCUT2D eigenvalue weighted by molar-refractivity contribution is 5.81. The standard InChI is InChI=1S/C15H17F3N2/c1-9(2)10-6-12(15(16,17)18)14-13(7-10)19-8-20(14)11-4-3-5-11/h6-9,11H,3-5H2,1-2H3. The molecule has 0 amide bonds. The van der Waals surface area contributed by atoms with Gasteiger partial charge in [0.05, 0.1) is 22.9 Å². The second-order valence-corrected chi connectivity index (χ2v) is 5.83. The van der Waals surface area contributed by atoms with Gasteiger partial charge in [-0.15, -0.1) is 0 Å². The molecule has 1 aliphatic rings. The van der Waals surface area contributed by atoms with Crippen molar-refractivity contribution in [2.75, 3.05) is 0 Å². The van der Waals surface area contributed by atoms with Crippen molar-refractivity contribution in [1.82, 2.24) is 9.55 Å². The smallest absolute Gasteiger partial charge is 0.327 e. The third kappa shape index (κ3) is 2.09. The van der Waals surface area contributed by atoms with E-state index in [1.54, 1.807) is 17.0 Å². The third-order valence-corrected chi connectivity index (χ3v) is 4.13. The number of alkyl halides is 3. The number of rotatable bonds is 2. The van der Waals surface area contributed by atoms with Gasteiger partial charge in [0.1, 0.15) is 0 Å². The lowest BCUT2D eigenvalue weighted by Crippen LogP contribution is -2.18. The quantitative estimate of drug-likeness (QED) is 0.765. The van der Waals surface area contributed by atoms with Crippen molar-refractivity contribution >= 4 is 11.0 Å². The van der Waals surface area contributed by atoms with Crippen LogP contribution in [0.5, 0.6) is 0 Å². The first kappa shape index (κ1) is 13.5. The third-order valence-electron chi connectivity index (χ3n) is 4.13. The molecule has 0 atom stereocenters. The lowest BCUT2D eigenvalue weighted by molar-refractivity contribution is -0.136. The maximum atomic E-state index is 13.4. The van der Waals surface area contributed by atoms with Crippen LogP contribution in [-0.4, -0.2) is 9.55 Å². The minimum Gasteiger partial charge on any atom is -0.327 e. The molecule has 0 aliphatic heterocycles. The molecule has 5 heteroatoms. The Balaban J connectivity index is 2.26. The van der Waals surface area contributed by atoms with E-state index in [4.69, 9.17) is 0 Å². The van der Waals surface area contributed by atoms with E-state index in [9.17, 15) is 13.2 Å². The zero-order valence-corrected chi connectivity index (χ0v) is 11.5. The van der Waals surface area contributed by atoms with E-state index in [-0.39, 0.29) is 17.5 Å². The van der Waals surface area contributed by atoms with Gasteiger partial charge < -0.3 is 4.57 Å². The van der Waals surface area contributed by atoms with Crippen molar-refractivity contribution in [2.24, 2.45) is 0 Å². The van der Waals surface area contributed by atoms with Crippen LogP contribution in [0.1, 0.15) is 56.2 Å². The van der Waals surface area contributed by atoms with E-state index in [1.807, 2.05) is 13.8 Å². The van der Waals surface area contributed by atoms with Crippen LogP contribution in [0, 0.1) is 0 Å². The van der Waals surface area contributed by atoms with Crippen LogP contribution in [0.3, 0.4) is 0 Å². The fourth-order valence-corrected chi connectivity index (χ4v) is 2.68. The van der Waals surface area contributed by atoms with Gasteiger partial charge in [0.2, 0.25) is 0 Å². The summed E-state index contributed by atoms with van der Waals surface area (Å²) in [6.07, 6.45) is 0.178. The Bertz CT molecular complexity index is 636. The summed E-state index contributed by atoms with van der Waals surface area (Å²) in [4.78, 5) is 4.20. The van der Waals surface area contributed by atoms with Gasteiger partial charge in [-0.2, -0.15) is 13.2 Å². The molecule has 108 valence electrons. The summed E-state index contributed by atoms with van der Waals surface area (Å²) in [5, 5.41) is 0. The van der Waals surface area contributed by atoms with E-state index in [0.717, 1.165) is 19.3 Å². The first-order valence-electron chi connectivity index (χ1n) is 6.95. The molecule has 0 spiro atoms. The Morgan fingerprint density at radius 3 is 2.45 bits per heavy atom. The molecule has 1 fully saturated rings. The molecule has 1 aromatic heterocycles. The molecule has 0 unspecified atom stereocenters. The van der Waals surface area contributed by atoms with E-state index in [0.29, 0.717) is 11.1 Å². The lowest BCUT2D eigenvalue weighted by atomic mass is 9.92. The normalized spacial score (nSPS) is 16.9. The number of aromatic nitrogens is 2. The van der Waals surface area contributed by atoms with E-state index < -0.39 is 11.7 Å². The van der Waals surface area contributed by atoms with Crippen LogP contribution in [-0.2, 0) is 6.18 Å². The summed E-state index contributed by atoms with van der Waals surface area (Å²) in [5.74, 6) is 0.0503. The molecule has 0 radical (unpaired) electrons. The summed E-state index contributed by atoms with van der Waals surface area (Å²) in [6.45, 7) is 3.79. The predicted octanol–water partition coefficient (Wildman–Crippen LogP) is 4.90. The first-order chi connectivity index (χ1) is 9.38. The molecular weight excluding hydrogens is 265 g/mol. The van der Waals surface area contributed by atoms with Crippen molar-refractivity contribution < 1.29 is 13.2 Å². The van der Waals surface area contributed by atoms with Gasteiger partial charge in [-0.3, -0.25) is 0 Å². The van der Waals surface area contributed by atoms with Gasteiger partial charge in [-0.05, 0) is 42.9 Å². The number of imidazole rings is 1. The van der Waals surface area contributed by atoms with E-state index in [2.05, 4.69) is 4.98 Å². The average Bonchev–Trinajstić information content (AvgIpc) is 2.68. The molecule has 1 aliphatic carbocycles. The Kier molecular flexibility index (Phi) is 3.03. The zero-order chi connectivity index (χ0) is 14.5. The van der Waals surface area contributed by atoms with Crippen molar-refractivity contribution in [2.45, 2.75) is 51.2 Å². The van der Waals surface area contributed by atoms with Crippen LogP contribution >= 0.6 is 0 Å². The van der Waals surface area contributed by atoms with Gasteiger partial charge in [-0.1, -0.05) is 13.8 Å². The highest BCUT2D eigenvalue weighted by Crippen LogP contribution is 2.40. The Labute approximate surface area is 115 Å². The number of nitrogens with zero attached hydrogens (tertiary/aromatic N) is 2. The Morgan fingerprint density at radius 2 is 1.95 bits per heavy atom.